The summed E-state index contributed by atoms with van der Waals surface area (Å²) in [6, 6.07) is 9.67. The van der Waals surface area contributed by atoms with Crippen LogP contribution in [0.2, 0.25) is 0 Å². The molecule has 1 amide bonds. The first-order chi connectivity index (χ1) is 10.7. The minimum Gasteiger partial charge on any atom is -0.319 e. The molecule has 22 heavy (non-hydrogen) atoms. The van der Waals surface area contributed by atoms with E-state index in [9.17, 15) is 4.79 Å². The van der Waals surface area contributed by atoms with E-state index in [1.807, 2.05) is 37.3 Å². The van der Waals surface area contributed by atoms with Gasteiger partial charge in [-0.3, -0.25) is 9.78 Å². The second-order valence-corrected chi connectivity index (χ2v) is 6.61. The lowest BCUT2D eigenvalue weighted by Crippen LogP contribution is -2.12. The Morgan fingerprint density at radius 1 is 1.27 bits per heavy atom. The third-order valence-electron chi connectivity index (χ3n) is 3.83. The Bertz CT molecular complexity index is 862. The highest BCUT2D eigenvalue weighted by Crippen LogP contribution is 2.42. The zero-order valence-electron chi connectivity index (χ0n) is 12.2. The van der Waals surface area contributed by atoms with E-state index in [0.29, 0.717) is 10.8 Å². The van der Waals surface area contributed by atoms with E-state index in [2.05, 4.69) is 15.3 Å². The average molecular weight is 309 g/mol. The second-order valence-electron chi connectivity index (χ2n) is 5.58. The molecule has 0 bridgehead atoms. The molecule has 1 aliphatic carbocycles. The van der Waals surface area contributed by atoms with Gasteiger partial charge in [0, 0.05) is 17.5 Å². The molecule has 0 unspecified atom stereocenters. The van der Waals surface area contributed by atoms with Gasteiger partial charge in [0.1, 0.15) is 4.88 Å². The number of fused-ring (bicyclic) bond motifs is 1. The number of rotatable bonds is 3. The molecule has 110 valence electrons. The van der Waals surface area contributed by atoms with Gasteiger partial charge < -0.3 is 5.32 Å². The van der Waals surface area contributed by atoms with Crippen molar-refractivity contribution in [1.82, 2.24) is 9.97 Å². The number of hydrogen-bond donors (Lipinski definition) is 1. The predicted molar refractivity (Wildman–Crippen MR) is 88.5 cm³/mol. The van der Waals surface area contributed by atoms with Crippen molar-refractivity contribution in [2.24, 2.45) is 0 Å². The first-order valence-electron chi connectivity index (χ1n) is 7.35. The Hall–Kier alpha value is -2.27. The van der Waals surface area contributed by atoms with Crippen molar-refractivity contribution in [3.8, 4) is 0 Å². The summed E-state index contributed by atoms with van der Waals surface area (Å²) in [7, 11) is 0. The Morgan fingerprint density at radius 2 is 2.09 bits per heavy atom. The number of amides is 1. The molecular formula is C17H15N3OS. The minimum absolute atomic E-state index is 0.0972. The number of nitrogens with one attached hydrogen (secondary N) is 1. The van der Waals surface area contributed by atoms with Gasteiger partial charge in [0.15, 0.2) is 0 Å². The largest absolute Gasteiger partial charge is 0.319 e. The zero-order valence-corrected chi connectivity index (χ0v) is 13.0. The number of nitrogens with zero attached hydrogens (tertiary/aromatic N) is 2. The molecule has 5 heteroatoms. The SMILES string of the molecule is Cc1nc(C2CC2)sc1C(=O)Nc1cccc2cccnc12. The fourth-order valence-corrected chi connectivity index (χ4v) is 3.65. The van der Waals surface area contributed by atoms with Gasteiger partial charge in [-0.15, -0.1) is 11.3 Å². The number of carbonyl (C=O) groups excluding carboxylic acids is 1. The smallest absolute Gasteiger partial charge is 0.267 e. The summed E-state index contributed by atoms with van der Waals surface area (Å²) < 4.78 is 0. The van der Waals surface area contributed by atoms with Crippen LogP contribution in [0.3, 0.4) is 0 Å². The number of para-hydroxylation sites is 1. The first kappa shape index (κ1) is 13.4. The third-order valence-corrected chi connectivity index (χ3v) is 5.15. The predicted octanol–water partition coefficient (Wildman–Crippen LogP) is 4.13. The van der Waals surface area contributed by atoms with Gasteiger partial charge in [-0.1, -0.05) is 18.2 Å². The number of aromatic nitrogens is 2. The fourth-order valence-electron chi connectivity index (χ4n) is 2.52. The van der Waals surface area contributed by atoms with Gasteiger partial charge >= 0.3 is 0 Å². The van der Waals surface area contributed by atoms with Crippen molar-refractivity contribution >= 4 is 33.8 Å². The Morgan fingerprint density at radius 3 is 2.91 bits per heavy atom. The molecule has 1 N–H and O–H groups in total. The third kappa shape index (κ3) is 2.37. The molecule has 1 saturated carbocycles. The standard InChI is InChI=1S/C17H15N3OS/c1-10-15(22-17(19-10)12-7-8-12)16(21)20-13-6-2-4-11-5-3-9-18-14(11)13/h2-6,9,12H,7-8H2,1H3,(H,20,21). The second kappa shape index (κ2) is 5.18. The molecule has 2 heterocycles. The Labute approximate surface area is 132 Å². The highest BCUT2D eigenvalue weighted by atomic mass is 32.1. The highest BCUT2D eigenvalue weighted by Gasteiger charge is 2.29. The number of thiazole rings is 1. The monoisotopic (exact) mass is 309 g/mol. The molecular weight excluding hydrogens is 294 g/mol. The van der Waals surface area contributed by atoms with E-state index in [1.54, 1.807) is 6.20 Å². The number of hydrogen-bond acceptors (Lipinski definition) is 4. The van der Waals surface area contributed by atoms with Crippen LogP contribution in [-0.4, -0.2) is 15.9 Å². The molecule has 1 aromatic carbocycles. The minimum atomic E-state index is -0.0972. The quantitative estimate of drug-likeness (QED) is 0.791. The van der Waals surface area contributed by atoms with Crippen molar-refractivity contribution < 1.29 is 4.79 Å². The number of carbonyl (C=O) groups is 1. The van der Waals surface area contributed by atoms with Crippen LogP contribution in [0.4, 0.5) is 5.69 Å². The summed E-state index contributed by atoms with van der Waals surface area (Å²) in [4.78, 5) is 22.2. The summed E-state index contributed by atoms with van der Waals surface area (Å²) in [5, 5.41) is 5.09. The van der Waals surface area contributed by atoms with Crippen LogP contribution in [0.5, 0.6) is 0 Å². The van der Waals surface area contributed by atoms with E-state index >= 15 is 0 Å². The summed E-state index contributed by atoms with van der Waals surface area (Å²) in [5.41, 5.74) is 2.37. The molecule has 0 aliphatic heterocycles. The summed E-state index contributed by atoms with van der Waals surface area (Å²) in [6.07, 6.45) is 4.13. The van der Waals surface area contributed by atoms with Gasteiger partial charge in [0.05, 0.1) is 21.9 Å². The number of aryl methyl sites for hydroxylation is 1. The molecule has 1 aliphatic rings. The molecule has 0 saturated heterocycles. The van der Waals surface area contributed by atoms with Crippen molar-refractivity contribution in [1.29, 1.82) is 0 Å². The maximum Gasteiger partial charge on any atom is 0.267 e. The highest BCUT2D eigenvalue weighted by molar-refractivity contribution is 7.14. The van der Waals surface area contributed by atoms with Gasteiger partial charge in [-0.25, -0.2) is 4.98 Å². The average Bonchev–Trinajstić information content (AvgIpc) is 3.30. The molecule has 4 rings (SSSR count). The topological polar surface area (TPSA) is 54.9 Å². The Kier molecular flexibility index (Phi) is 3.15. The van der Waals surface area contributed by atoms with Crippen LogP contribution < -0.4 is 5.32 Å². The van der Waals surface area contributed by atoms with E-state index in [-0.39, 0.29) is 5.91 Å². The van der Waals surface area contributed by atoms with E-state index in [1.165, 1.54) is 24.2 Å². The normalized spacial score (nSPS) is 14.2. The van der Waals surface area contributed by atoms with Crippen LogP contribution in [0.15, 0.2) is 36.5 Å². The van der Waals surface area contributed by atoms with Gasteiger partial charge in [-0.2, -0.15) is 0 Å². The van der Waals surface area contributed by atoms with Crippen LogP contribution >= 0.6 is 11.3 Å². The van der Waals surface area contributed by atoms with Crippen LogP contribution in [0.1, 0.15) is 39.1 Å². The maximum atomic E-state index is 12.6. The zero-order chi connectivity index (χ0) is 15.1. The molecule has 2 aromatic heterocycles. The summed E-state index contributed by atoms with van der Waals surface area (Å²) in [6.45, 7) is 1.90. The van der Waals surface area contributed by atoms with Crippen molar-refractivity contribution in [2.75, 3.05) is 5.32 Å². The summed E-state index contributed by atoms with van der Waals surface area (Å²) >= 11 is 1.52. The Balaban J connectivity index is 1.66. The number of benzene rings is 1. The molecule has 1 fully saturated rings. The van der Waals surface area contributed by atoms with Crippen molar-refractivity contribution in [2.45, 2.75) is 25.7 Å². The lowest BCUT2D eigenvalue weighted by molar-refractivity contribution is 0.103. The van der Waals surface area contributed by atoms with Crippen molar-refractivity contribution in [3.63, 3.8) is 0 Å². The molecule has 3 aromatic rings. The van der Waals surface area contributed by atoms with E-state index < -0.39 is 0 Å². The van der Waals surface area contributed by atoms with Crippen LogP contribution in [-0.2, 0) is 0 Å². The fraction of sp³-hybridized carbons (Fsp3) is 0.235. The van der Waals surface area contributed by atoms with Gasteiger partial charge in [-0.05, 0) is 31.9 Å². The van der Waals surface area contributed by atoms with E-state index in [4.69, 9.17) is 0 Å². The summed E-state index contributed by atoms with van der Waals surface area (Å²) in [5.74, 6) is 0.476. The lowest BCUT2D eigenvalue weighted by Gasteiger charge is -2.07. The first-order valence-corrected chi connectivity index (χ1v) is 8.16. The molecule has 0 spiro atoms. The van der Waals surface area contributed by atoms with Crippen LogP contribution in [0.25, 0.3) is 10.9 Å². The van der Waals surface area contributed by atoms with Gasteiger partial charge in [0.2, 0.25) is 0 Å². The van der Waals surface area contributed by atoms with E-state index in [0.717, 1.165) is 27.3 Å². The van der Waals surface area contributed by atoms with Gasteiger partial charge in [0.25, 0.3) is 5.91 Å². The molecule has 4 nitrogen and oxygen atoms in total. The molecule has 0 atom stereocenters. The van der Waals surface area contributed by atoms with Crippen molar-refractivity contribution in [3.05, 3.63) is 52.1 Å². The number of anilines is 1. The lowest BCUT2D eigenvalue weighted by atomic mass is 10.2. The maximum absolute atomic E-state index is 12.6. The molecule has 0 radical (unpaired) electrons. The van der Waals surface area contributed by atoms with Crippen LogP contribution in [0, 0.1) is 6.92 Å². The number of pyridine rings is 1.